The molecule has 0 unspecified atom stereocenters. The molecule has 17 rings (SSSR count). The molecule has 35 nitrogen and oxygen atoms in total. The number of primary amides is 4. The van der Waals surface area contributed by atoms with Gasteiger partial charge in [0.2, 0.25) is 23.6 Å². The van der Waals surface area contributed by atoms with Gasteiger partial charge in [-0.05, 0) is 172 Å². The van der Waals surface area contributed by atoms with Gasteiger partial charge in [-0.3, -0.25) is 76.7 Å². The van der Waals surface area contributed by atoms with E-state index >= 15 is 0 Å². The van der Waals surface area contributed by atoms with Crippen LogP contribution in [0.15, 0.2) is 73.3 Å². The predicted octanol–water partition coefficient (Wildman–Crippen LogP) is 11.1. The number of phenolic OH excluding ortho intramolecular Hbond substituents is 1. The van der Waals surface area contributed by atoms with E-state index < -0.39 is 81.4 Å². The molecule has 4 aliphatic heterocycles. The van der Waals surface area contributed by atoms with Crippen LogP contribution in [-0.4, -0.2) is 225 Å². The molecular weight excluding hydrogens is 1790 g/mol. The van der Waals surface area contributed by atoms with Crippen LogP contribution in [0, 0.1) is 74.9 Å². The van der Waals surface area contributed by atoms with Crippen LogP contribution >= 0.6 is 0 Å². The SMILES string of the molecule is CCOC1(C(F)(F)F)CN(C2CCC(CC#N)(n3cc(C(N)=O)c(NC(=O)C4CC4)n3)CC2)C1.CCOC1(C(F)(F)F)CN(C2CCC(CC#N)(n3cc(C(N)=O)c(NC(=O)C4CC4)n3)CC2)C1.N#CCC1(n2cc(C(N)=O)c(NC(=O)C3CC3)n2)CCC(N2CC(C(F)(F)F)C2)CC1.N#CCC1(n2cc(C(N)=O)c(NC(=O)C3CC3)n2)CCN(Cc2ccc(-c3ccccc3)c(O)c2)CC1. The maximum Gasteiger partial charge on any atom is 0.419 e. The van der Waals surface area contributed by atoms with E-state index in [1.54, 1.807) is 54.6 Å². The maximum atomic E-state index is 13.5. The van der Waals surface area contributed by atoms with E-state index in [4.69, 9.17) is 32.4 Å². The molecule has 8 amide bonds. The summed E-state index contributed by atoms with van der Waals surface area (Å²) in [6.07, 6.45) is 7.80. The van der Waals surface area contributed by atoms with Crippen molar-refractivity contribution < 1.29 is 92.5 Å². The molecular formula is C92H113F9N24O11. The number of carbonyl (C=O) groups excluding carboxylic acids is 8. The first kappa shape index (κ1) is 99.9. The van der Waals surface area contributed by atoms with Gasteiger partial charge in [-0.1, -0.05) is 42.5 Å². The van der Waals surface area contributed by atoms with Crippen molar-refractivity contribution in [2.45, 2.75) is 257 Å². The Kier molecular flexibility index (Phi) is 29.6. The van der Waals surface area contributed by atoms with Gasteiger partial charge < -0.3 is 58.8 Å². The zero-order valence-electron chi connectivity index (χ0n) is 75.6. The number of aromatic hydroxyl groups is 1. The Hall–Kier alpha value is -12.1. The number of hydrogen-bond donors (Lipinski definition) is 9. The highest BCUT2D eigenvalue weighted by atomic mass is 19.4. The van der Waals surface area contributed by atoms with E-state index in [-0.39, 0.29) is 195 Å². The van der Waals surface area contributed by atoms with E-state index in [0.29, 0.717) is 110 Å². The molecule has 7 saturated carbocycles. The third kappa shape index (κ3) is 22.0. The Morgan fingerprint density at radius 2 is 0.728 bits per heavy atom. The van der Waals surface area contributed by atoms with Gasteiger partial charge in [-0.2, -0.15) is 81.0 Å². The van der Waals surface area contributed by atoms with Crippen molar-refractivity contribution in [2.24, 2.45) is 52.5 Å². The van der Waals surface area contributed by atoms with Crippen LogP contribution in [0.2, 0.25) is 0 Å². The van der Waals surface area contributed by atoms with Gasteiger partial charge in [0.15, 0.2) is 34.5 Å². The van der Waals surface area contributed by atoms with Crippen LogP contribution in [-0.2, 0) is 57.4 Å². The number of anilines is 4. The molecule has 6 aromatic rings. The summed E-state index contributed by atoms with van der Waals surface area (Å²) >= 11 is 0. The highest BCUT2D eigenvalue weighted by Crippen LogP contribution is 2.51. The molecule has 8 heterocycles. The van der Waals surface area contributed by atoms with Crippen molar-refractivity contribution in [3.8, 4) is 41.2 Å². The number of rotatable bonds is 30. The summed E-state index contributed by atoms with van der Waals surface area (Å²) in [5.41, 5.74) is 18.2. The van der Waals surface area contributed by atoms with Crippen molar-refractivity contribution in [1.82, 2.24) is 58.7 Å². The summed E-state index contributed by atoms with van der Waals surface area (Å²) in [5, 5.41) is 77.2. The summed E-state index contributed by atoms with van der Waals surface area (Å²) in [6.45, 7) is 4.39. The molecule has 0 bridgehead atoms. The first-order valence-corrected chi connectivity index (χ1v) is 46.2. The van der Waals surface area contributed by atoms with Crippen molar-refractivity contribution in [2.75, 3.05) is 86.8 Å². The molecule has 4 saturated heterocycles. The molecule has 44 heteroatoms. The smallest absolute Gasteiger partial charge is 0.419 e. The number of nitrogens with two attached hydrogens (primary N) is 4. The molecule has 730 valence electrons. The number of piperidine rings is 1. The monoisotopic (exact) mass is 1900 g/mol. The number of halogens is 9. The lowest BCUT2D eigenvalue weighted by Crippen LogP contribution is -2.72. The minimum Gasteiger partial charge on any atom is -0.507 e. The van der Waals surface area contributed by atoms with Gasteiger partial charge in [0.1, 0.15) is 28.0 Å². The van der Waals surface area contributed by atoms with Crippen LogP contribution in [0.3, 0.4) is 0 Å². The second kappa shape index (κ2) is 40.3. The Bertz CT molecular complexity index is 5400. The molecule has 0 atom stereocenters. The van der Waals surface area contributed by atoms with Crippen LogP contribution < -0.4 is 44.2 Å². The van der Waals surface area contributed by atoms with Crippen LogP contribution in [0.1, 0.15) is 228 Å². The van der Waals surface area contributed by atoms with Gasteiger partial charge in [0.05, 0.1) is 78.0 Å². The molecule has 11 aliphatic rings. The van der Waals surface area contributed by atoms with Crippen LogP contribution in [0.5, 0.6) is 5.75 Å². The number of hydrogen-bond acceptors (Lipinski definition) is 23. The maximum absolute atomic E-state index is 13.5. The average Bonchev–Trinajstić information content (AvgIpc) is 1.26. The fourth-order valence-electron chi connectivity index (χ4n) is 19.8. The van der Waals surface area contributed by atoms with Gasteiger partial charge in [0.25, 0.3) is 23.6 Å². The molecule has 0 spiro atoms. The van der Waals surface area contributed by atoms with Crippen LogP contribution in [0.4, 0.5) is 62.8 Å². The molecule has 2 aromatic carbocycles. The zero-order chi connectivity index (χ0) is 97.8. The van der Waals surface area contributed by atoms with E-state index in [1.807, 2.05) is 47.4 Å². The van der Waals surface area contributed by atoms with Gasteiger partial charge in [0, 0.05) is 144 Å². The predicted molar refractivity (Wildman–Crippen MR) is 471 cm³/mol. The highest BCUT2D eigenvalue weighted by molar-refractivity contribution is 6.05. The normalized spacial score (nSPS) is 24.4. The number of nitrogens with one attached hydrogen (secondary N) is 4. The Labute approximate surface area is 778 Å². The van der Waals surface area contributed by atoms with Crippen LogP contribution in [0.25, 0.3) is 11.1 Å². The summed E-state index contributed by atoms with van der Waals surface area (Å²) in [4.78, 5) is 104. The number of likely N-dealkylation sites (tertiary alicyclic amines) is 4. The van der Waals surface area contributed by atoms with Gasteiger partial charge in [-0.25, -0.2) is 0 Å². The van der Waals surface area contributed by atoms with Crippen molar-refractivity contribution >= 4 is 70.5 Å². The summed E-state index contributed by atoms with van der Waals surface area (Å²) < 4.78 is 136. The van der Waals surface area contributed by atoms with E-state index in [1.165, 1.54) is 18.6 Å². The Morgan fingerprint density at radius 3 is 0.985 bits per heavy atom. The third-order valence-corrected chi connectivity index (χ3v) is 28.9. The average molecular weight is 1900 g/mol. The highest BCUT2D eigenvalue weighted by Gasteiger charge is 2.66. The lowest BCUT2D eigenvalue weighted by Gasteiger charge is -2.54. The second-order valence-corrected chi connectivity index (χ2v) is 38.1. The lowest BCUT2D eigenvalue weighted by atomic mass is 9.75. The lowest BCUT2D eigenvalue weighted by molar-refractivity contribution is -0.322. The number of nitriles is 4. The van der Waals surface area contributed by atoms with Crippen molar-refractivity contribution in [3.63, 3.8) is 0 Å². The van der Waals surface area contributed by atoms with Crippen molar-refractivity contribution in [3.05, 3.63) is 101 Å². The molecule has 13 N–H and O–H groups in total. The van der Waals surface area contributed by atoms with E-state index in [2.05, 4.69) is 70.8 Å². The molecule has 136 heavy (non-hydrogen) atoms. The van der Waals surface area contributed by atoms with Gasteiger partial charge >= 0.3 is 18.5 Å². The second-order valence-electron chi connectivity index (χ2n) is 38.1. The Balaban J connectivity index is 0.000000145. The number of phenols is 1. The first-order valence-electron chi connectivity index (χ1n) is 46.2. The summed E-state index contributed by atoms with van der Waals surface area (Å²) in [7, 11) is 0. The number of alkyl halides is 9. The fourth-order valence-corrected chi connectivity index (χ4v) is 19.8. The summed E-state index contributed by atoms with van der Waals surface area (Å²) in [5.74, 6) is -4.55. The summed E-state index contributed by atoms with van der Waals surface area (Å²) in [6, 6.07) is 24.3. The van der Waals surface area contributed by atoms with E-state index in [9.17, 15) is 104 Å². The number of ether oxygens (including phenoxy) is 2. The minimum atomic E-state index is -4.43. The largest absolute Gasteiger partial charge is 0.507 e. The molecule has 11 fully saturated rings. The van der Waals surface area contributed by atoms with Gasteiger partial charge in [-0.15, -0.1) is 0 Å². The van der Waals surface area contributed by atoms with E-state index in [0.717, 1.165) is 68.1 Å². The van der Waals surface area contributed by atoms with Crippen molar-refractivity contribution in [1.29, 1.82) is 21.0 Å². The molecule has 0 radical (unpaired) electrons. The number of aromatic nitrogens is 8. The number of benzene rings is 2. The third-order valence-electron chi connectivity index (χ3n) is 28.9. The fraction of sp³-hybridized carbons (Fsp3) is 0.609. The number of amides is 8. The zero-order valence-corrected chi connectivity index (χ0v) is 75.6. The standard InChI is InChI=1S/C28H30N6O3.2C22H29F3N6O3.C20H25F3N6O2/c29-13-10-28(34-18-23(25(30)36)26(32-34)31-27(37)21-7-8-21)11-14-33(15-12-28)17-19-6-9-22(24(35)16-19)20-4-2-1-3-5-20;2*1-2-34-21(22(23,24)25)12-30(13-21)15-5-7-20(8-6-15,9-10-26)31-11-16(17(27)32)18(29-31)28-19(33)14-3-4-14;21-20(22,23)13-9-28(10-13)14-3-5-19(6-4-14,7-8-24)29-11-15(16(25)30)17(27-29)26-18(31)12-1-2-12/h1-6,9,16,18,21,35H,7-8,10-12,14-15,17H2,(H2,30,36)(H,31,32,37);2*11,14-15H,2-9,12-13H2,1H3,(H2,27,32)(H,28,29,33);11-14H,1-7,9-10H2,(H2,25,30)(H,26,27,31). The number of carbonyl (C=O) groups is 8. The minimum absolute atomic E-state index is 0.00951. The Morgan fingerprint density at radius 1 is 0.434 bits per heavy atom. The number of nitrogens with zero attached hydrogens (tertiary/aromatic N) is 16. The molecule has 7 aliphatic carbocycles. The first-order chi connectivity index (χ1) is 64.6. The molecule has 4 aromatic heterocycles. The quantitative estimate of drug-likeness (QED) is 0.0189. The topological polar surface area (TPSA) is 507 Å².